The molecule has 4 rings (SSSR count). The van der Waals surface area contributed by atoms with Crippen LogP contribution in [0.3, 0.4) is 0 Å². The summed E-state index contributed by atoms with van der Waals surface area (Å²) >= 11 is 0. The molecule has 0 spiro atoms. The van der Waals surface area contributed by atoms with E-state index >= 15 is 0 Å². The number of hydrogen-bond donors (Lipinski definition) is 0. The number of aromatic nitrogens is 2. The van der Waals surface area contributed by atoms with Crippen LogP contribution >= 0.6 is 0 Å². The molecule has 7 heteroatoms. The normalized spacial score (nSPS) is 16.9. The SMILES string of the molecule is CC[C@H](C(=O)N1CCN(c2cc(Oc3ccc(OC)cc3)ncn2)C[C@H]1C)c1ccccc1. The van der Waals surface area contributed by atoms with E-state index in [1.165, 1.54) is 6.33 Å². The van der Waals surface area contributed by atoms with Crippen LogP contribution in [0.5, 0.6) is 17.4 Å². The van der Waals surface area contributed by atoms with Gasteiger partial charge in [0, 0.05) is 31.7 Å². The number of piperazine rings is 1. The number of anilines is 1. The highest BCUT2D eigenvalue weighted by Gasteiger charge is 2.32. The molecule has 0 saturated carbocycles. The lowest BCUT2D eigenvalue weighted by molar-refractivity contribution is -0.135. The molecule has 1 fully saturated rings. The van der Waals surface area contributed by atoms with Crippen molar-refractivity contribution in [1.29, 1.82) is 0 Å². The Morgan fingerprint density at radius 2 is 1.79 bits per heavy atom. The van der Waals surface area contributed by atoms with Gasteiger partial charge in [-0.2, -0.15) is 0 Å². The average molecular weight is 447 g/mol. The summed E-state index contributed by atoms with van der Waals surface area (Å²) in [5.74, 6) is 2.81. The van der Waals surface area contributed by atoms with Gasteiger partial charge >= 0.3 is 0 Å². The second-order valence-corrected chi connectivity index (χ2v) is 8.19. The minimum atomic E-state index is -0.108. The number of amides is 1. The van der Waals surface area contributed by atoms with Gasteiger partial charge in [0.2, 0.25) is 11.8 Å². The fourth-order valence-electron chi connectivity index (χ4n) is 4.25. The van der Waals surface area contributed by atoms with Crippen LogP contribution in [0, 0.1) is 0 Å². The maximum absolute atomic E-state index is 13.3. The van der Waals surface area contributed by atoms with E-state index in [4.69, 9.17) is 9.47 Å². The number of nitrogens with zero attached hydrogens (tertiary/aromatic N) is 4. The van der Waals surface area contributed by atoms with Crippen molar-refractivity contribution >= 4 is 11.7 Å². The second kappa shape index (κ2) is 10.3. The number of benzene rings is 2. The zero-order valence-corrected chi connectivity index (χ0v) is 19.3. The predicted octanol–water partition coefficient (Wildman–Crippen LogP) is 4.51. The van der Waals surface area contributed by atoms with Crippen molar-refractivity contribution in [3.05, 3.63) is 72.6 Å². The molecule has 33 heavy (non-hydrogen) atoms. The first-order valence-corrected chi connectivity index (χ1v) is 11.3. The molecule has 0 N–H and O–H groups in total. The Kier molecular flexibility index (Phi) is 7.07. The fourth-order valence-corrected chi connectivity index (χ4v) is 4.25. The van der Waals surface area contributed by atoms with Crippen molar-refractivity contribution in [3.8, 4) is 17.4 Å². The summed E-state index contributed by atoms with van der Waals surface area (Å²) in [6.45, 7) is 6.23. The van der Waals surface area contributed by atoms with Crippen molar-refractivity contribution < 1.29 is 14.3 Å². The third-order valence-corrected chi connectivity index (χ3v) is 6.05. The summed E-state index contributed by atoms with van der Waals surface area (Å²) in [6.07, 6.45) is 2.30. The molecular weight excluding hydrogens is 416 g/mol. The Balaban J connectivity index is 1.42. The molecule has 1 aliphatic rings. The number of rotatable bonds is 7. The maximum Gasteiger partial charge on any atom is 0.230 e. The second-order valence-electron chi connectivity index (χ2n) is 8.19. The maximum atomic E-state index is 13.3. The van der Waals surface area contributed by atoms with Crippen molar-refractivity contribution in [2.75, 3.05) is 31.6 Å². The third kappa shape index (κ3) is 5.25. The number of ether oxygens (including phenoxy) is 2. The number of hydrogen-bond acceptors (Lipinski definition) is 6. The van der Waals surface area contributed by atoms with Crippen LogP contribution in [-0.2, 0) is 4.79 Å². The van der Waals surface area contributed by atoms with Crippen LogP contribution in [0.2, 0.25) is 0 Å². The summed E-state index contributed by atoms with van der Waals surface area (Å²) in [7, 11) is 1.63. The minimum absolute atomic E-state index is 0.0740. The summed E-state index contributed by atoms with van der Waals surface area (Å²) in [4.78, 5) is 26.2. The van der Waals surface area contributed by atoms with Crippen molar-refractivity contribution in [2.24, 2.45) is 0 Å². The monoisotopic (exact) mass is 446 g/mol. The van der Waals surface area contributed by atoms with Crippen LogP contribution in [0.4, 0.5) is 5.82 Å². The fraction of sp³-hybridized carbons (Fsp3) is 0.346. The number of carbonyl (C=O) groups is 1. The Morgan fingerprint density at radius 3 is 2.45 bits per heavy atom. The summed E-state index contributed by atoms with van der Waals surface area (Å²) in [5.41, 5.74) is 1.08. The molecule has 2 heterocycles. The van der Waals surface area contributed by atoms with E-state index in [1.54, 1.807) is 7.11 Å². The molecule has 1 aliphatic heterocycles. The van der Waals surface area contributed by atoms with Gasteiger partial charge in [-0.3, -0.25) is 4.79 Å². The lowest BCUT2D eigenvalue weighted by Crippen LogP contribution is -2.55. The highest BCUT2D eigenvalue weighted by Crippen LogP contribution is 2.28. The van der Waals surface area contributed by atoms with Crippen LogP contribution < -0.4 is 14.4 Å². The molecule has 0 radical (unpaired) electrons. The Hall–Kier alpha value is -3.61. The van der Waals surface area contributed by atoms with E-state index in [0.717, 1.165) is 23.6 Å². The minimum Gasteiger partial charge on any atom is -0.497 e. The van der Waals surface area contributed by atoms with E-state index in [2.05, 4.69) is 28.7 Å². The Bertz CT molecular complexity index is 1060. The number of methoxy groups -OCH3 is 1. The van der Waals surface area contributed by atoms with Crippen molar-refractivity contribution in [1.82, 2.24) is 14.9 Å². The van der Waals surface area contributed by atoms with Gasteiger partial charge in [0.25, 0.3) is 0 Å². The Morgan fingerprint density at radius 1 is 1.06 bits per heavy atom. The first-order valence-electron chi connectivity index (χ1n) is 11.3. The first kappa shape index (κ1) is 22.6. The molecule has 3 aromatic rings. The van der Waals surface area contributed by atoms with Gasteiger partial charge in [0.15, 0.2) is 0 Å². The van der Waals surface area contributed by atoms with Crippen LogP contribution in [0.25, 0.3) is 0 Å². The van der Waals surface area contributed by atoms with E-state index < -0.39 is 0 Å². The van der Waals surface area contributed by atoms with E-state index in [9.17, 15) is 4.79 Å². The van der Waals surface area contributed by atoms with Crippen molar-refractivity contribution in [3.63, 3.8) is 0 Å². The first-order chi connectivity index (χ1) is 16.1. The summed E-state index contributed by atoms with van der Waals surface area (Å²) in [5, 5.41) is 0. The zero-order valence-electron chi connectivity index (χ0n) is 19.3. The van der Waals surface area contributed by atoms with E-state index in [1.807, 2.05) is 65.6 Å². The molecule has 2 atom stereocenters. The van der Waals surface area contributed by atoms with Gasteiger partial charge in [-0.05, 0) is 43.2 Å². The smallest absolute Gasteiger partial charge is 0.230 e. The molecule has 1 amide bonds. The predicted molar refractivity (Wildman–Crippen MR) is 128 cm³/mol. The standard InChI is InChI=1S/C26H30N4O3/c1-4-23(20-8-6-5-7-9-20)26(31)30-15-14-29(17-19(30)2)24-16-25(28-18-27-24)33-22-12-10-21(32-3)11-13-22/h5-13,16,18-19,23H,4,14-15,17H2,1-3H3/t19-,23+/m1/s1. The van der Waals surface area contributed by atoms with E-state index in [-0.39, 0.29) is 17.9 Å². The molecule has 0 bridgehead atoms. The molecule has 7 nitrogen and oxygen atoms in total. The van der Waals surface area contributed by atoms with Gasteiger partial charge in [-0.25, -0.2) is 9.97 Å². The van der Waals surface area contributed by atoms with Crippen LogP contribution in [0.1, 0.15) is 31.7 Å². The van der Waals surface area contributed by atoms with Crippen LogP contribution in [0.15, 0.2) is 67.0 Å². The molecular formula is C26H30N4O3. The van der Waals surface area contributed by atoms with Gasteiger partial charge in [0.05, 0.1) is 13.0 Å². The van der Waals surface area contributed by atoms with Gasteiger partial charge < -0.3 is 19.3 Å². The molecule has 0 aliphatic carbocycles. The van der Waals surface area contributed by atoms with Gasteiger partial charge in [-0.15, -0.1) is 0 Å². The van der Waals surface area contributed by atoms with Gasteiger partial charge in [0.1, 0.15) is 23.6 Å². The lowest BCUT2D eigenvalue weighted by Gasteiger charge is -2.41. The highest BCUT2D eigenvalue weighted by atomic mass is 16.5. The highest BCUT2D eigenvalue weighted by molar-refractivity contribution is 5.84. The topological polar surface area (TPSA) is 67.8 Å². The molecule has 172 valence electrons. The van der Waals surface area contributed by atoms with Crippen molar-refractivity contribution in [2.45, 2.75) is 32.2 Å². The summed E-state index contributed by atoms with van der Waals surface area (Å²) in [6, 6.07) is 19.3. The lowest BCUT2D eigenvalue weighted by atomic mass is 9.94. The Labute approximate surface area is 195 Å². The summed E-state index contributed by atoms with van der Waals surface area (Å²) < 4.78 is 11.1. The zero-order chi connectivity index (χ0) is 23.2. The molecule has 1 saturated heterocycles. The molecule has 2 aromatic carbocycles. The molecule has 1 aromatic heterocycles. The largest absolute Gasteiger partial charge is 0.497 e. The third-order valence-electron chi connectivity index (χ3n) is 6.05. The van der Waals surface area contributed by atoms with Gasteiger partial charge in [-0.1, -0.05) is 37.3 Å². The quantitative estimate of drug-likeness (QED) is 0.532. The van der Waals surface area contributed by atoms with E-state index in [0.29, 0.717) is 31.3 Å². The number of carbonyl (C=O) groups excluding carboxylic acids is 1. The van der Waals surface area contributed by atoms with Crippen LogP contribution in [-0.4, -0.2) is 53.6 Å². The average Bonchev–Trinajstić information content (AvgIpc) is 2.85. The molecule has 0 unspecified atom stereocenters.